The first-order valence-corrected chi connectivity index (χ1v) is 9.60. The fourth-order valence-electron chi connectivity index (χ4n) is 3.91. The quantitative estimate of drug-likeness (QED) is 0.443. The lowest BCUT2D eigenvalue weighted by Gasteiger charge is -2.20. The minimum atomic E-state index is -1.02. The van der Waals surface area contributed by atoms with E-state index in [-0.39, 0.29) is 11.4 Å². The van der Waals surface area contributed by atoms with Crippen molar-refractivity contribution < 1.29 is 14.3 Å². The number of aromatic nitrogens is 4. The predicted octanol–water partition coefficient (Wildman–Crippen LogP) is 4.72. The summed E-state index contributed by atoms with van der Waals surface area (Å²) in [5.74, 6) is -1.32. The summed E-state index contributed by atoms with van der Waals surface area (Å²) in [6.45, 7) is 0. The highest BCUT2D eigenvalue weighted by molar-refractivity contribution is 6.03. The molecule has 0 aliphatic heterocycles. The van der Waals surface area contributed by atoms with Crippen LogP contribution in [-0.4, -0.2) is 37.9 Å². The lowest BCUT2D eigenvalue weighted by atomic mass is 10.1. The van der Waals surface area contributed by atoms with E-state index in [1.54, 1.807) is 34.8 Å². The normalized spacial score (nSPS) is 11.3. The van der Waals surface area contributed by atoms with E-state index in [1.807, 2.05) is 31.3 Å². The van der Waals surface area contributed by atoms with Crippen LogP contribution in [0, 0.1) is 5.82 Å². The topological polar surface area (TPSA) is 87.0 Å². The number of halogens is 1. The van der Waals surface area contributed by atoms with E-state index in [1.165, 1.54) is 18.3 Å². The van der Waals surface area contributed by atoms with Crippen molar-refractivity contribution in [2.24, 2.45) is 7.05 Å². The van der Waals surface area contributed by atoms with E-state index >= 15 is 0 Å². The number of rotatable bonds is 4. The molecule has 3 heterocycles. The molecule has 0 unspecified atom stereocenters. The van der Waals surface area contributed by atoms with Gasteiger partial charge in [0.2, 0.25) is 0 Å². The summed E-state index contributed by atoms with van der Waals surface area (Å²) < 4.78 is 15.9. The molecule has 2 aromatic carbocycles. The molecule has 0 spiro atoms. The van der Waals surface area contributed by atoms with Crippen LogP contribution in [-0.2, 0) is 7.05 Å². The van der Waals surface area contributed by atoms with Crippen LogP contribution in [0.4, 0.5) is 15.8 Å². The minimum absolute atomic E-state index is 0.163. The van der Waals surface area contributed by atoms with Crippen molar-refractivity contribution in [2.75, 3.05) is 11.9 Å². The molecule has 0 bridgehead atoms. The van der Waals surface area contributed by atoms with E-state index in [2.05, 4.69) is 15.1 Å². The maximum atomic E-state index is 14.2. The van der Waals surface area contributed by atoms with E-state index in [9.17, 15) is 14.3 Å². The SMILES string of the molecule is CN(c1ccc2c(-c3cc4nccc(C(=O)O)c4[nH]3)n(C)nc2c1)c1ccccc1F. The molecule has 0 amide bonds. The molecule has 5 aromatic rings. The molecule has 0 saturated carbocycles. The van der Waals surface area contributed by atoms with Gasteiger partial charge in [-0.15, -0.1) is 0 Å². The summed E-state index contributed by atoms with van der Waals surface area (Å²) in [4.78, 5) is 20.8. The average Bonchev–Trinajstić information content (AvgIpc) is 3.32. The number of hydrogen-bond donors (Lipinski definition) is 2. The van der Waals surface area contributed by atoms with Gasteiger partial charge < -0.3 is 15.0 Å². The molecule has 8 heteroatoms. The second-order valence-corrected chi connectivity index (χ2v) is 7.29. The van der Waals surface area contributed by atoms with Gasteiger partial charge in [0.25, 0.3) is 0 Å². The van der Waals surface area contributed by atoms with E-state index in [0.717, 1.165) is 28.0 Å². The summed E-state index contributed by atoms with van der Waals surface area (Å²) in [7, 11) is 3.63. The zero-order chi connectivity index (χ0) is 21.7. The number of aryl methyl sites for hydroxylation is 1. The fourth-order valence-corrected chi connectivity index (χ4v) is 3.91. The number of benzene rings is 2. The number of pyridine rings is 1. The Morgan fingerprint density at radius 2 is 1.94 bits per heavy atom. The Morgan fingerprint density at radius 1 is 1.13 bits per heavy atom. The number of hydrogen-bond acceptors (Lipinski definition) is 4. The third-order valence-electron chi connectivity index (χ3n) is 5.43. The molecule has 0 aliphatic carbocycles. The number of para-hydroxylation sites is 1. The Bertz CT molecular complexity index is 1470. The van der Waals surface area contributed by atoms with Crippen molar-refractivity contribution in [3.8, 4) is 11.4 Å². The number of aromatic amines is 1. The van der Waals surface area contributed by atoms with Gasteiger partial charge in [0.15, 0.2) is 0 Å². The molecular weight excluding hydrogens is 397 g/mol. The molecule has 2 N–H and O–H groups in total. The van der Waals surface area contributed by atoms with Gasteiger partial charge in [-0.1, -0.05) is 12.1 Å². The predicted molar refractivity (Wildman–Crippen MR) is 117 cm³/mol. The fraction of sp³-hybridized carbons (Fsp3) is 0.0870. The van der Waals surface area contributed by atoms with Crippen LogP contribution in [0.25, 0.3) is 33.3 Å². The van der Waals surface area contributed by atoms with Gasteiger partial charge >= 0.3 is 5.97 Å². The van der Waals surface area contributed by atoms with Crippen LogP contribution in [0.3, 0.4) is 0 Å². The van der Waals surface area contributed by atoms with Gasteiger partial charge in [0.1, 0.15) is 5.82 Å². The molecular formula is C23H18FN5O2. The van der Waals surface area contributed by atoms with Gasteiger partial charge in [0.05, 0.1) is 39.2 Å². The number of aromatic carboxylic acids is 1. The smallest absolute Gasteiger partial charge is 0.337 e. The van der Waals surface area contributed by atoms with Crippen LogP contribution in [0.1, 0.15) is 10.4 Å². The van der Waals surface area contributed by atoms with E-state index in [0.29, 0.717) is 16.7 Å². The number of nitrogens with zero attached hydrogens (tertiary/aromatic N) is 4. The molecule has 0 saturated heterocycles. The third kappa shape index (κ3) is 3.00. The maximum Gasteiger partial charge on any atom is 0.337 e. The number of carboxylic acid groups (broad SMARTS) is 1. The third-order valence-corrected chi connectivity index (χ3v) is 5.43. The van der Waals surface area contributed by atoms with Crippen molar-refractivity contribution in [2.45, 2.75) is 0 Å². The van der Waals surface area contributed by atoms with Gasteiger partial charge in [-0.05, 0) is 42.5 Å². The molecule has 5 rings (SSSR count). The molecule has 0 atom stereocenters. The Morgan fingerprint density at radius 3 is 2.71 bits per heavy atom. The van der Waals surface area contributed by atoms with E-state index in [4.69, 9.17) is 0 Å². The number of H-pyrrole nitrogens is 1. The van der Waals surface area contributed by atoms with Gasteiger partial charge in [0, 0.05) is 31.4 Å². The largest absolute Gasteiger partial charge is 0.478 e. The number of carboxylic acids is 1. The van der Waals surface area contributed by atoms with Gasteiger partial charge in [-0.2, -0.15) is 5.10 Å². The number of carbonyl (C=O) groups is 1. The minimum Gasteiger partial charge on any atom is -0.478 e. The van der Waals surface area contributed by atoms with E-state index < -0.39 is 5.97 Å². The second-order valence-electron chi connectivity index (χ2n) is 7.29. The van der Waals surface area contributed by atoms with Crippen molar-refractivity contribution in [3.63, 3.8) is 0 Å². The molecule has 0 fully saturated rings. The Hall–Kier alpha value is -4.20. The first kappa shape index (κ1) is 18.8. The number of fused-ring (bicyclic) bond motifs is 2. The molecule has 0 radical (unpaired) electrons. The number of nitrogens with one attached hydrogen (secondary N) is 1. The van der Waals surface area contributed by atoms with Crippen LogP contribution in [0.5, 0.6) is 0 Å². The highest BCUT2D eigenvalue weighted by Crippen LogP contribution is 2.34. The van der Waals surface area contributed by atoms with Crippen molar-refractivity contribution in [3.05, 3.63) is 72.2 Å². The zero-order valence-electron chi connectivity index (χ0n) is 16.8. The lowest BCUT2D eigenvalue weighted by molar-refractivity contribution is 0.0698. The Labute approximate surface area is 176 Å². The zero-order valence-corrected chi connectivity index (χ0v) is 16.8. The maximum absolute atomic E-state index is 14.2. The first-order chi connectivity index (χ1) is 14.9. The number of anilines is 2. The van der Waals surface area contributed by atoms with Crippen LogP contribution < -0.4 is 4.90 Å². The van der Waals surface area contributed by atoms with Crippen LogP contribution >= 0.6 is 0 Å². The summed E-state index contributed by atoms with van der Waals surface area (Å²) in [6.07, 6.45) is 1.48. The first-order valence-electron chi connectivity index (χ1n) is 9.60. The summed E-state index contributed by atoms with van der Waals surface area (Å²) in [5, 5.41) is 14.9. The Balaban J connectivity index is 1.62. The molecule has 0 aliphatic rings. The molecule has 7 nitrogen and oxygen atoms in total. The highest BCUT2D eigenvalue weighted by atomic mass is 19.1. The highest BCUT2D eigenvalue weighted by Gasteiger charge is 2.18. The van der Waals surface area contributed by atoms with Crippen molar-refractivity contribution >= 4 is 39.3 Å². The average molecular weight is 415 g/mol. The van der Waals surface area contributed by atoms with Crippen molar-refractivity contribution in [1.82, 2.24) is 19.7 Å². The standard InChI is InChI=1S/C23H18FN5O2/c1-28(20-6-4-3-5-16(20)24)13-7-8-14-17(11-13)27-29(2)22(14)19-12-18-21(26-19)15(23(30)31)9-10-25-18/h3-12,26H,1-2H3,(H,30,31). The summed E-state index contributed by atoms with van der Waals surface area (Å²) in [6, 6.07) is 15.6. The lowest BCUT2D eigenvalue weighted by Crippen LogP contribution is -2.10. The van der Waals surface area contributed by atoms with Crippen LogP contribution in [0.2, 0.25) is 0 Å². The second kappa shape index (κ2) is 6.94. The van der Waals surface area contributed by atoms with Gasteiger partial charge in [-0.25, -0.2) is 9.18 Å². The summed E-state index contributed by atoms with van der Waals surface area (Å²) >= 11 is 0. The monoisotopic (exact) mass is 415 g/mol. The Kier molecular flexibility index (Phi) is 4.21. The van der Waals surface area contributed by atoms with Crippen LogP contribution in [0.15, 0.2) is 60.8 Å². The van der Waals surface area contributed by atoms with Crippen molar-refractivity contribution in [1.29, 1.82) is 0 Å². The van der Waals surface area contributed by atoms with Gasteiger partial charge in [-0.3, -0.25) is 9.67 Å². The molecule has 154 valence electrons. The molecule has 3 aromatic heterocycles. The summed E-state index contributed by atoms with van der Waals surface area (Å²) in [5.41, 5.74) is 4.74. The molecule has 31 heavy (non-hydrogen) atoms.